The van der Waals surface area contributed by atoms with Gasteiger partial charge in [-0.2, -0.15) is 0 Å². The van der Waals surface area contributed by atoms with Crippen LogP contribution in [-0.2, 0) is 33.4 Å². The molecule has 8 atom stereocenters. The molecule has 7 nitrogen and oxygen atoms in total. The molecule has 0 aromatic rings. The van der Waals surface area contributed by atoms with Crippen molar-refractivity contribution in [3.05, 3.63) is 0 Å². The number of ketones is 1. The third-order valence-corrected chi connectivity index (χ3v) is 10.2. The monoisotopic (exact) mass is 476 g/mol. The molecule has 0 radical (unpaired) electrons. The number of fused-ring (bicyclic) bond motifs is 5. The van der Waals surface area contributed by atoms with Gasteiger partial charge in [0.25, 0.3) is 0 Å². The Labute approximate surface area is 202 Å². The second-order valence-corrected chi connectivity index (χ2v) is 11.8. The van der Waals surface area contributed by atoms with Crippen molar-refractivity contribution >= 4 is 23.7 Å². The Kier molecular flexibility index (Phi) is 6.62. The Hall–Kier alpha value is -1.92. The lowest BCUT2D eigenvalue weighted by molar-refractivity contribution is -0.196. The Balaban J connectivity index is 1.58. The minimum atomic E-state index is -1.23. The standard InChI is InChI=1S/C27H40O7/c1-16(28)32-15-24(31)27(34-18(3)30)13-10-23-21-7-6-19-14-20(33-17(2)29)8-11-25(19,4)22(21)9-12-26(23,27)5/h19-23H,6-15H2,1-5H3/t19-,20-,21+,22-,23-,25-,26-,27-/m0/s1. The number of rotatable bonds is 5. The molecule has 0 aromatic heterocycles. The number of ether oxygens (including phenoxy) is 3. The molecule has 4 aliphatic rings. The topological polar surface area (TPSA) is 96.0 Å². The summed E-state index contributed by atoms with van der Waals surface area (Å²) in [5.41, 5.74) is -1.49. The van der Waals surface area contributed by atoms with Gasteiger partial charge in [0.05, 0.1) is 0 Å². The number of carbonyl (C=O) groups is 4. The van der Waals surface area contributed by atoms with Crippen molar-refractivity contribution < 1.29 is 33.4 Å². The minimum absolute atomic E-state index is 0.0305. The third kappa shape index (κ3) is 3.97. The van der Waals surface area contributed by atoms with Crippen molar-refractivity contribution in [3.63, 3.8) is 0 Å². The highest BCUT2D eigenvalue weighted by Crippen LogP contribution is 2.69. The van der Waals surface area contributed by atoms with Crippen molar-refractivity contribution in [1.29, 1.82) is 0 Å². The van der Waals surface area contributed by atoms with E-state index < -0.39 is 23.0 Å². The molecule has 4 saturated carbocycles. The summed E-state index contributed by atoms with van der Waals surface area (Å²) in [6.45, 7) is 8.34. The van der Waals surface area contributed by atoms with Crippen LogP contribution in [0.25, 0.3) is 0 Å². The summed E-state index contributed by atoms with van der Waals surface area (Å²) in [7, 11) is 0. The van der Waals surface area contributed by atoms with Gasteiger partial charge in [0.1, 0.15) is 6.10 Å². The fourth-order valence-corrected chi connectivity index (χ4v) is 8.77. The molecule has 7 heteroatoms. The van der Waals surface area contributed by atoms with E-state index in [0.717, 1.165) is 51.4 Å². The van der Waals surface area contributed by atoms with Crippen LogP contribution < -0.4 is 0 Å². The highest BCUT2D eigenvalue weighted by molar-refractivity contribution is 5.93. The lowest BCUT2D eigenvalue weighted by atomic mass is 9.44. The van der Waals surface area contributed by atoms with E-state index in [1.54, 1.807) is 0 Å². The molecule has 0 amide bonds. The predicted molar refractivity (Wildman–Crippen MR) is 123 cm³/mol. The van der Waals surface area contributed by atoms with Crippen LogP contribution in [-0.4, -0.2) is 42.0 Å². The fourth-order valence-electron chi connectivity index (χ4n) is 8.77. The van der Waals surface area contributed by atoms with Gasteiger partial charge in [-0.05, 0) is 86.9 Å². The molecule has 0 unspecified atom stereocenters. The summed E-state index contributed by atoms with van der Waals surface area (Å²) in [5, 5.41) is 0. The van der Waals surface area contributed by atoms with Crippen molar-refractivity contribution in [2.75, 3.05) is 6.61 Å². The van der Waals surface area contributed by atoms with Gasteiger partial charge in [-0.1, -0.05) is 13.8 Å². The summed E-state index contributed by atoms with van der Waals surface area (Å²) in [4.78, 5) is 48.5. The average Bonchev–Trinajstić information content (AvgIpc) is 3.04. The summed E-state index contributed by atoms with van der Waals surface area (Å²) in [5.74, 6) is 0.413. The van der Waals surface area contributed by atoms with Crippen molar-refractivity contribution in [1.82, 2.24) is 0 Å². The van der Waals surface area contributed by atoms with Crippen LogP contribution in [0.1, 0.15) is 92.4 Å². The zero-order chi connectivity index (χ0) is 24.9. The second-order valence-electron chi connectivity index (χ2n) is 11.8. The Morgan fingerprint density at radius 2 is 1.50 bits per heavy atom. The number of esters is 3. The first-order chi connectivity index (χ1) is 15.9. The van der Waals surface area contributed by atoms with E-state index in [-0.39, 0.29) is 35.8 Å². The number of hydrogen-bond acceptors (Lipinski definition) is 7. The molecule has 0 aromatic carbocycles. The zero-order valence-corrected chi connectivity index (χ0v) is 21.3. The maximum Gasteiger partial charge on any atom is 0.303 e. The Morgan fingerprint density at radius 1 is 0.794 bits per heavy atom. The van der Waals surface area contributed by atoms with E-state index in [1.165, 1.54) is 20.8 Å². The van der Waals surface area contributed by atoms with Crippen molar-refractivity contribution in [2.45, 2.75) is 104 Å². The normalized spacial score (nSPS) is 43.0. The van der Waals surface area contributed by atoms with Gasteiger partial charge in [-0.3, -0.25) is 19.2 Å². The molecule has 0 bridgehead atoms. The van der Waals surface area contributed by atoms with Gasteiger partial charge in [0.15, 0.2) is 12.2 Å². The van der Waals surface area contributed by atoms with Crippen LogP contribution in [0, 0.1) is 34.5 Å². The Morgan fingerprint density at radius 3 is 2.15 bits per heavy atom. The smallest absolute Gasteiger partial charge is 0.303 e. The van der Waals surface area contributed by atoms with Crippen molar-refractivity contribution in [3.8, 4) is 0 Å². The first-order valence-electron chi connectivity index (χ1n) is 13.0. The van der Waals surface area contributed by atoms with Crippen LogP contribution in [0.15, 0.2) is 0 Å². The first-order valence-corrected chi connectivity index (χ1v) is 13.0. The molecule has 34 heavy (non-hydrogen) atoms. The fraction of sp³-hybridized carbons (Fsp3) is 0.852. The molecule has 4 fully saturated rings. The Bertz CT molecular complexity index is 867. The van der Waals surface area contributed by atoms with Crippen LogP contribution in [0.2, 0.25) is 0 Å². The summed E-state index contributed by atoms with van der Waals surface area (Å²) < 4.78 is 16.5. The highest BCUT2D eigenvalue weighted by Gasteiger charge is 2.69. The molecule has 190 valence electrons. The minimum Gasteiger partial charge on any atom is -0.463 e. The van der Waals surface area contributed by atoms with E-state index in [1.807, 2.05) is 0 Å². The molecular formula is C27H40O7. The first kappa shape index (κ1) is 25.2. The summed E-state index contributed by atoms with van der Waals surface area (Å²) in [6.07, 6.45) is 8.27. The van der Waals surface area contributed by atoms with Gasteiger partial charge >= 0.3 is 17.9 Å². The third-order valence-electron chi connectivity index (χ3n) is 10.2. The maximum absolute atomic E-state index is 13.4. The van der Waals surface area contributed by atoms with Gasteiger partial charge in [-0.25, -0.2) is 0 Å². The summed E-state index contributed by atoms with van der Waals surface area (Å²) in [6, 6.07) is 0. The molecule has 0 aliphatic heterocycles. The van der Waals surface area contributed by atoms with Gasteiger partial charge in [0.2, 0.25) is 5.78 Å². The van der Waals surface area contributed by atoms with E-state index in [4.69, 9.17) is 14.2 Å². The van der Waals surface area contributed by atoms with Gasteiger partial charge < -0.3 is 14.2 Å². The largest absolute Gasteiger partial charge is 0.463 e. The molecule has 0 saturated heterocycles. The van der Waals surface area contributed by atoms with E-state index in [9.17, 15) is 19.2 Å². The maximum atomic E-state index is 13.4. The van der Waals surface area contributed by atoms with E-state index in [2.05, 4.69) is 13.8 Å². The second kappa shape index (κ2) is 8.94. The highest BCUT2D eigenvalue weighted by atomic mass is 16.6. The molecule has 4 aliphatic carbocycles. The lowest BCUT2D eigenvalue weighted by Gasteiger charge is -2.61. The van der Waals surface area contributed by atoms with Crippen molar-refractivity contribution in [2.24, 2.45) is 34.5 Å². The molecule has 0 N–H and O–H groups in total. The van der Waals surface area contributed by atoms with Gasteiger partial charge in [0, 0.05) is 26.2 Å². The lowest BCUT2D eigenvalue weighted by Crippen LogP contribution is -2.60. The molecule has 0 spiro atoms. The van der Waals surface area contributed by atoms with Gasteiger partial charge in [-0.15, -0.1) is 0 Å². The predicted octanol–water partition coefficient (Wildman–Crippen LogP) is 4.39. The molecule has 4 rings (SSSR count). The zero-order valence-electron chi connectivity index (χ0n) is 21.3. The van der Waals surface area contributed by atoms with Crippen LogP contribution >= 0.6 is 0 Å². The quantitative estimate of drug-likeness (QED) is 0.429. The average molecular weight is 477 g/mol. The molecular weight excluding hydrogens is 436 g/mol. The summed E-state index contributed by atoms with van der Waals surface area (Å²) >= 11 is 0. The van der Waals surface area contributed by atoms with E-state index in [0.29, 0.717) is 24.2 Å². The van der Waals surface area contributed by atoms with Crippen LogP contribution in [0.4, 0.5) is 0 Å². The molecule has 0 heterocycles. The van der Waals surface area contributed by atoms with E-state index >= 15 is 0 Å². The number of Topliss-reactive ketones (excluding diaryl/α,β-unsaturated/α-hetero) is 1. The number of carbonyl (C=O) groups excluding carboxylic acids is 4. The SMILES string of the molecule is CC(=O)OCC(=O)[C@@]1(OC(C)=O)CC[C@H]2[C@@H]3CC[C@H]4C[C@@H](OC(C)=O)CC[C@]4(C)[C@H]3CC[C@@]21C. The number of hydrogen-bond donors (Lipinski definition) is 0. The van der Waals surface area contributed by atoms with Crippen LogP contribution in [0.3, 0.4) is 0 Å². The van der Waals surface area contributed by atoms with Crippen LogP contribution in [0.5, 0.6) is 0 Å².